The summed E-state index contributed by atoms with van der Waals surface area (Å²) in [4.78, 5) is 10.5. The molecule has 6 heteroatoms. The smallest absolute Gasteiger partial charge is 0.234 e. The molecule has 0 aromatic carbocycles. The molecule has 1 fully saturated rings. The lowest BCUT2D eigenvalue weighted by Crippen LogP contribution is -2.50. The maximum atomic E-state index is 10.5. The number of hydrogen-bond donors (Lipinski definition) is 5. The zero-order valence-electron chi connectivity index (χ0n) is 7.05. The minimum Gasteiger partial charge on any atom is -0.370 e. The fraction of sp³-hybridized carbons (Fsp3) is 0.667. The summed E-state index contributed by atoms with van der Waals surface area (Å²) in [6.07, 6.45) is 0. The Balaban J connectivity index is 0.000000261. The highest BCUT2D eigenvalue weighted by Crippen LogP contribution is 1.83. The molecule has 1 atom stereocenters. The summed E-state index contributed by atoms with van der Waals surface area (Å²) in [5.41, 5.74) is 8.94. The number of nitrogens with two attached hydrogens (primary N) is 2. The quantitative estimate of drug-likeness (QED) is 0.214. The van der Waals surface area contributed by atoms with Gasteiger partial charge in [0.05, 0.1) is 6.54 Å². The van der Waals surface area contributed by atoms with Gasteiger partial charge in [-0.2, -0.15) is 0 Å². The Morgan fingerprint density at radius 2 is 2.17 bits per heavy atom. The Bertz CT molecular complexity index is 165. The largest absolute Gasteiger partial charge is 0.370 e. The molecule has 1 aliphatic rings. The van der Waals surface area contributed by atoms with Crippen molar-refractivity contribution in [2.24, 2.45) is 11.5 Å². The van der Waals surface area contributed by atoms with Gasteiger partial charge in [-0.1, -0.05) is 0 Å². The van der Waals surface area contributed by atoms with Gasteiger partial charge in [0.25, 0.3) is 0 Å². The van der Waals surface area contributed by atoms with Crippen LogP contribution in [0.2, 0.25) is 0 Å². The minimum atomic E-state index is -0.333. The van der Waals surface area contributed by atoms with Crippen molar-refractivity contribution in [2.75, 3.05) is 13.1 Å². The first-order valence-corrected chi connectivity index (χ1v) is 3.62. The fourth-order valence-corrected chi connectivity index (χ4v) is 0.779. The van der Waals surface area contributed by atoms with Gasteiger partial charge < -0.3 is 22.1 Å². The van der Waals surface area contributed by atoms with Crippen LogP contribution in [0.15, 0.2) is 0 Å². The average Bonchev–Trinajstić information content (AvgIpc) is 1.84. The molecule has 0 aromatic heterocycles. The lowest BCUT2D eigenvalue weighted by Gasteiger charge is -2.19. The van der Waals surface area contributed by atoms with Crippen LogP contribution >= 0.6 is 0 Å². The lowest BCUT2D eigenvalue weighted by molar-refractivity contribution is -0.121. The number of piperazine rings is 1. The van der Waals surface area contributed by atoms with E-state index in [1.807, 2.05) is 6.92 Å². The molecule has 0 saturated carbocycles. The monoisotopic (exact) mass is 173 g/mol. The van der Waals surface area contributed by atoms with Gasteiger partial charge in [0, 0.05) is 12.6 Å². The summed E-state index contributed by atoms with van der Waals surface area (Å²) in [6.45, 7) is 3.35. The molecular weight excluding hydrogens is 158 g/mol. The van der Waals surface area contributed by atoms with E-state index in [0.717, 1.165) is 6.54 Å². The third-order valence-corrected chi connectivity index (χ3v) is 1.14. The SMILES string of the molecule is C[C@H]1CNCC(=O)N1.N=C(N)N. The van der Waals surface area contributed by atoms with Gasteiger partial charge in [0.2, 0.25) is 5.91 Å². The van der Waals surface area contributed by atoms with Crippen LogP contribution in [0.4, 0.5) is 0 Å². The van der Waals surface area contributed by atoms with E-state index >= 15 is 0 Å². The molecule has 12 heavy (non-hydrogen) atoms. The molecule has 1 aliphatic heterocycles. The molecule has 0 aromatic rings. The molecule has 1 rings (SSSR count). The van der Waals surface area contributed by atoms with Crippen molar-refractivity contribution in [3.05, 3.63) is 0 Å². The fourth-order valence-electron chi connectivity index (χ4n) is 0.779. The molecule has 1 amide bonds. The Hall–Kier alpha value is -1.30. The standard InChI is InChI=1S/C5H10N2O.CH5N3/c1-4-2-6-3-5(8)7-4;2-1(3)4/h4,6H,2-3H2,1H3,(H,7,8);(H5,2,3,4)/t4-;/m0./s1. The van der Waals surface area contributed by atoms with Crippen LogP contribution in [0.5, 0.6) is 0 Å². The normalized spacial score (nSPS) is 21.8. The Labute approximate surface area is 71.2 Å². The molecule has 1 saturated heterocycles. The van der Waals surface area contributed by atoms with E-state index in [1.165, 1.54) is 0 Å². The van der Waals surface area contributed by atoms with Crippen molar-refractivity contribution in [3.63, 3.8) is 0 Å². The molecule has 1 heterocycles. The summed E-state index contributed by atoms with van der Waals surface area (Å²) in [5.74, 6) is -0.233. The highest BCUT2D eigenvalue weighted by Gasteiger charge is 2.11. The summed E-state index contributed by atoms with van der Waals surface area (Å²) in [7, 11) is 0. The Kier molecular flexibility index (Phi) is 4.78. The van der Waals surface area contributed by atoms with Crippen LogP contribution < -0.4 is 22.1 Å². The maximum Gasteiger partial charge on any atom is 0.234 e. The zero-order valence-corrected chi connectivity index (χ0v) is 7.05. The van der Waals surface area contributed by atoms with E-state index in [9.17, 15) is 4.79 Å². The number of carbonyl (C=O) groups excluding carboxylic acids is 1. The van der Waals surface area contributed by atoms with Crippen molar-refractivity contribution in [1.82, 2.24) is 10.6 Å². The maximum absolute atomic E-state index is 10.5. The summed E-state index contributed by atoms with van der Waals surface area (Å²) >= 11 is 0. The summed E-state index contributed by atoms with van der Waals surface area (Å²) in [5, 5.41) is 11.8. The van der Waals surface area contributed by atoms with Crippen molar-refractivity contribution < 1.29 is 4.79 Å². The van der Waals surface area contributed by atoms with Gasteiger partial charge in [-0.3, -0.25) is 10.2 Å². The highest BCUT2D eigenvalue weighted by molar-refractivity contribution is 5.79. The van der Waals surface area contributed by atoms with Crippen LogP contribution in [0.3, 0.4) is 0 Å². The van der Waals surface area contributed by atoms with Gasteiger partial charge in [-0.15, -0.1) is 0 Å². The van der Waals surface area contributed by atoms with Crippen molar-refractivity contribution >= 4 is 11.9 Å². The number of guanidine groups is 1. The molecule has 6 nitrogen and oxygen atoms in total. The number of nitrogens with one attached hydrogen (secondary N) is 3. The summed E-state index contributed by atoms with van der Waals surface area (Å²) < 4.78 is 0. The molecule has 0 aliphatic carbocycles. The first kappa shape index (κ1) is 10.7. The molecule has 70 valence electrons. The van der Waals surface area contributed by atoms with E-state index < -0.39 is 0 Å². The molecule has 0 radical (unpaired) electrons. The Morgan fingerprint density at radius 3 is 2.42 bits per heavy atom. The van der Waals surface area contributed by atoms with E-state index in [1.54, 1.807) is 0 Å². The van der Waals surface area contributed by atoms with Gasteiger partial charge in [-0.25, -0.2) is 0 Å². The molecule has 0 spiro atoms. The van der Waals surface area contributed by atoms with Gasteiger partial charge in [0.1, 0.15) is 0 Å². The number of rotatable bonds is 0. The van der Waals surface area contributed by atoms with Crippen molar-refractivity contribution in [2.45, 2.75) is 13.0 Å². The van der Waals surface area contributed by atoms with E-state index in [0.29, 0.717) is 12.6 Å². The van der Waals surface area contributed by atoms with Gasteiger partial charge >= 0.3 is 0 Å². The highest BCUT2D eigenvalue weighted by atomic mass is 16.2. The van der Waals surface area contributed by atoms with Gasteiger partial charge in [0.15, 0.2) is 5.96 Å². The first-order valence-electron chi connectivity index (χ1n) is 3.62. The molecule has 7 N–H and O–H groups in total. The molecular formula is C6H15N5O. The number of amides is 1. The van der Waals surface area contributed by atoms with Crippen LogP contribution in [-0.2, 0) is 4.79 Å². The number of carbonyl (C=O) groups is 1. The third kappa shape index (κ3) is 6.81. The zero-order chi connectivity index (χ0) is 9.56. The van der Waals surface area contributed by atoms with E-state index in [4.69, 9.17) is 5.41 Å². The van der Waals surface area contributed by atoms with Crippen LogP contribution in [0.25, 0.3) is 0 Å². The predicted octanol–water partition coefficient (Wildman–Crippen LogP) is -2.07. The minimum absolute atomic E-state index is 0.101. The average molecular weight is 173 g/mol. The second-order valence-corrected chi connectivity index (χ2v) is 2.55. The second kappa shape index (κ2) is 5.36. The second-order valence-electron chi connectivity index (χ2n) is 2.55. The topological polar surface area (TPSA) is 117 Å². The van der Waals surface area contributed by atoms with Crippen molar-refractivity contribution in [1.29, 1.82) is 5.41 Å². The Morgan fingerprint density at radius 1 is 1.67 bits per heavy atom. The first-order chi connectivity index (χ1) is 5.52. The van der Waals surface area contributed by atoms with Gasteiger partial charge in [-0.05, 0) is 6.92 Å². The molecule has 0 bridgehead atoms. The summed E-state index contributed by atoms with van der Waals surface area (Å²) in [6, 6.07) is 0.302. The van der Waals surface area contributed by atoms with Crippen LogP contribution in [0.1, 0.15) is 6.92 Å². The van der Waals surface area contributed by atoms with E-state index in [2.05, 4.69) is 22.1 Å². The molecule has 0 unspecified atom stereocenters. The van der Waals surface area contributed by atoms with Crippen LogP contribution in [-0.4, -0.2) is 31.0 Å². The predicted molar refractivity (Wildman–Crippen MR) is 46.6 cm³/mol. The van der Waals surface area contributed by atoms with Crippen LogP contribution in [0, 0.1) is 5.41 Å². The van der Waals surface area contributed by atoms with Crippen molar-refractivity contribution in [3.8, 4) is 0 Å². The van der Waals surface area contributed by atoms with E-state index in [-0.39, 0.29) is 11.9 Å². The number of hydrogen-bond acceptors (Lipinski definition) is 3. The lowest BCUT2D eigenvalue weighted by atomic mass is 10.3. The third-order valence-electron chi connectivity index (χ3n) is 1.14.